The first kappa shape index (κ1) is 57.1. The molecule has 0 aromatic rings. The van der Waals surface area contributed by atoms with Crippen LogP contribution in [-0.4, -0.2) is 37.2 Å². The van der Waals surface area contributed by atoms with E-state index in [2.05, 4.69) is 118 Å². The van der Waals surface area contributed by atoms with E-state index >= 15 is 0 Å². The molecule has 0 aliphatic carbocycles. The molecule has 0 rings (SSSR count). The molecule has 0 aromatic heterocycles. The third-order valence-corrected chi connectivity index (χ3v) is 9.76. The smallest absolute Gasteiger partial charge is 0.306 e. The summed E-state index contributed by atoms with van der Waals surface area (Å²) in [7, 11) is 0. The Kier molecular flexibility index (Phi) is 45.6. The van der Waals surface area contributed by atoms with Crippen LogP contribution in [0.15, 0.2) is 109 Å². The van der Waals surface area contributed by atoms with Crippen LogP contribution in [0.2, 0.25) is 0 Å². The van der Waals surface area contributed by atoms with Crippen LogP contribution in [0.1, 0.15) is 201 Å². The maximum absolute atomic E-state index is 12.7. The highest BCUT2D eigenvalue weighted by Gasteiger charge is 2.19. The number of ether oxygens (including phenoxy) is 3. The van der Waals surface area contributed by atoms with Gasteiger partial charge in [0, 0.05) is 19.3 Å². The second-order valence-corrected chi connectivity index (χ2v) is 15.6. The standard InChI is InChI=1S/C55H88O6/c1-4-7-10-13-16-19-22-25-26-27-28-31-33-36-39-42-45-48-54(57)60-51-52(61-55(58)49-46-43-40-37-34-30-24-21-18-15-12-9-6-3)50-59-53(56)47-44-41-38-35-32-29-23-20-17-14-11-8-5-2/h7,10,16,19,25-26,28-32,34,36,38-41,43,52H,4-6,8-9,11-15,17-18,20-24,27,33,35,37,42,44-51H2,1-3H3/b10-7-,19-16-,26-25-,31-28-,32-29-,34-30-,39-36-,41-38-,43-40-. The highest BCUT2D eigenvalue weighted by atomic mass is 16.6. The molecule has 1 atom stereocenters. The summed E-state index contributed by atoms with van der Waals surface area (Å²) in [6.45, 7) is 6.33. The molecule has 0 spiro atoms. The van der Waals surface area contributed by atoms with Crippen LogP contribution in [0.5, 0.6) is 0 Å². The van der Waals surface area contributed by atoms with E-state index in [1.54, 1.807) is 0 Å². The van der Waals surface area contributed by atoms with Gasteiger partial charge in [0.2, 0.25) is 0 Å². The van der Waals surface area contributed by atoms with Gasteiger partial charge in [-0.1, -0.05) is 194 Å². The van der Waals surface area contributed by atoms with Crippen LogP contribution < -0.4 is 0 Å². The first-order chi connectivity index (χ1) is 30.0. The zero-order valence-electron chi connectivity index (χ0n) is 39.1. The monoisotopic (exact) mass is 845 g/mol. The number of hydrogen-bond donors (Lipinski definition) is 0. The lowest BCUT2D eigenvalue weighted by Gasteiger charge is -2.18. The highest BCUT2D eigenvalue weighted by molar-refractivity contribution is 5.71. The molecule has 0 fully saturated rings. The van der Waals surface area contributed by atoms with Crippen molar-refractivity contribution in [2.45, 2.75) is 207 Å². The van der Waals surface area contributed by atoms with E-state index in [-0.39, 0.29) is 44.4 Å². The molecule has 0 aromatic carbocycles. The van der Waals surface area contributed by atoms with Gasteiger partial charge in [-0.15, -0.1) is 0 Å². The summed E-state index contributed by atoms with van der Waals surface area (Å²) in [5, 5.41) is 0. The van der Waals surface area contributed by atoms with Gasteiger partial charge in [0.05, 0.1) is 0 Å². The van der Waals surface area contributed by atoms with E-state index < -0.39 is 12.1 Å². The number of carbonyl (C=O) groups is 3. The van der Waals surface area contributed by atoms with Crippen molar-refractivity contribution >= 4 is 17.9 Å². The molecule has 6 nitrogen and oxygen atoms in total. The molecule has 0 radical (unpaired) electrons. The van der Waals surface area contributed by atoms with Crippen molar-refractivity contribution in [3.8, 4) is 0 Å². The first-order valence-corrected chi connectivity index (χ1v) is 24.4. The molecular formula is C55H88O6. The van der Waals surface area contributed by atoms with Gasteiger partial charge in [-0.3, -0.25) is 14.4 Å². The number of hydrogen-bond acceptors (Lipinski definition) is 6. The minimum atomic E-state index is -0.854. The average molecular weight is 845 g/mol. The Bertz CT molecular complexity index is 1290. The van der Waals surface area contributed by atoms with Gasteiger partial charge in [0.15, 0.2) is 6.10 Å². The van der Waals surface area contributed by atoms with Crippen LogP contribution in [0.4, 0.5) is 0 Å². The maximum Gasteiger partial charge on any atom is 0.306 e. The molecule has 61 heavy (non-hydrogen) atoms. The minimum absolute atomic E-state index is 0.149. The molecule has 6 heteroatoms. The zero-order chi connectivity index (χ0) is 44.4. The summed E-state index contributed by atoms with van der Waals surface area (Å²) in [4.78, 5) is 37.8. The Hall–Kier alpha value is -3.93. The Morgan fingerprint density at radius 3 is 1.10 bits per heavy atom. The van der Waals surface area contributed by atoms with Gasteiger partial charge in [-0.25, -0.2) is 0 Å². The van der Waals surface area contributed by atoms with Crippen LogP contribution in [0.25, 0.3) is 0 Å². The van der Waals surface area contributed by atoms with E-state index in [4.69, 9.17) is 14.2 Å². The predicted octanol–water partition coefficient (Wildman–Crippen LogP) is 16.0. The fraction of sp³-hybridized carbons (Fsp3) is 0.618. The number of unbranched alkanes of at least 4 members (excludes halogenated alkanes) is 13. The molecule has 0 bridgehead atoms. The van der Waals surface area contributed by atoms with Crippen molar-refractivity contribution in [2.24, 2.45) is 0 Å². The number of esters is 3. The number of carbonyl (C=O) groups excluding carboxylic acids is 3. The van der Waals surface area contributed by atoms with Gasteiger partial charge in [-0.05, 0) is 96.3 Å². The molecular weight excluding hydrogens is 757 g/mol. The predicted molar refractivity (Wildman–Crippen MR) is 260 cm³/mol. The zero-order valence-corrected chi connectivity index (χ0v) is 39.1. The Morgan fingerprint density at radius 2 is 0.672 bits per heavy atom. The van der Waals surface area contributed by atoms with E-state index in [9.17, 15) is 14.4 Å². The molecule has 0 aliphatic rings. The lowest BCUT2D eigenvalue weighted by atomic mass is 10.1. The molecule has 1 unspecified atom stereocenters. The SMILES string of the molecule is CC/C=C\C/C=C\C/C=C\C/C=C\C/C=C\CCCC(=O)OCC(COC(=O)CC/C=C\C/C=C\CCCCCCCC)OC(=O)CC/C=C\C/C=C\CCCCCCCC. The maximum atomic E-state index is 12.7. The second-order valence-electron chi connectivity index (χ2n) is 15.6. The van der Waals surface area contributed by atoms with E-state index in [0.717, 1.165) is 64.2 Å². The quantitative estimate of drug-likeness (QED) is 0.0264. The van der Waals surface area contributed by atoms with Crippen molar-refractivity contribution in [3.63, 3.8) is 0 Å². The fourth-order valence-electron chi connectivity index (χ4n) is 6.11. The molecule has 344 valence electrons. The normalized spacial score (nSPS) is 13.0. The van der Waals surface area contributed by atoms with Gasteiger partial charge in [0.1, 0.15) is 13.2 Å². The summed E-state index contributed by atoms with van der Waals surface area (Å²) >= 11 is 0. The van der Waals surface area contributed by atoms with Crippen LogP contribution in [0, 0.1) is 0 Å². The third-order valence-electron chi connectivity index (χ3n) is 9.76. The lowest BCUT2D eigenvalue weighted by Crippen LogP contribution is -2.30. The number of rotatable bonds is 42. The first-order valence-electron chi connectivity index (χ1n) is 24.4. The molecule has 0 saturated carbocycles. The molecule has 0 amide bonds. The minimum Gasteiger partial charge on any atom is -0.462 e. The number of allylic oxidation sites excluding steroid dienone is 18. The highest BCUT2D eigenvalue weighted by Crippen LogP contribution is 2.10. The summed E-state index contributed by atoms with van der Waals surface area (Å²) in [5.74, 6) is -1.15. The van der Waals surface area contributed by atoms with Gasteiger partial charge in [-0.2, -0.15) is 0 Å². The Labute approximate surface area is 374 Å². The second kappa shape index (κ2) is 48.7. The summed E-state index contributed by atoms with van der Waals surface area (Å²) in [6, 6.07) is 0. The molecule has 0 N–H and O–H groups in total. The topological polar surface area (TPSA) is 78.9 Å². The largest absolute Gasteiger partial charge is 0.462 e. The average Bonchev–Trinajstić information content (AvgIpc) is 3.26. The molecule has 0 saturated heterocycles. The molecule has 0 aliphatic heterocycles. The van der Waals surface area contributed by atoms with Crippen molar-refractivity contribution in [1.82, 2.24) is 0 Å². The van der Waals surface area contributed by atoms with Gasteiger partial charge >= 0.3 is 17.9 Å². The van der Waals surface area contributed by atoms with Crippen molar-refractivity contribution < 1.29 is 28.6 Å². The van der Waals surface area contributed by atoms with Crippen LogP contribution >= 0.6 is 0 Å². The van der Waals surface area contributed by atoms with E-state index in [1.165, 1.54) is 77.0 Å². The summed E-state index contributed by atoms with van der Waals surface area (Å²) in [6.07, 6.45) is 65.3. The Morgan fingerprint density at radius 1 is 0.344 bits per heavy atom. The van der Waals surface area contributed by atoms with Crippen LogP contribution in [-0.2, 0) is 28.6 Å². The van der Waals surface area contributed by atoms with Gasteiger partial charge < -0.3 is 14.2 Å². The van der Waals surface area contributed by atoms with Crippen molar-refractivity contribution in [3.05, 3.63) is 109 Å². The van der Waals surface area contributed by atoms with Crippen LogP contribution in [0.3, 0.4) is 0 Å². The molecule has 0 heterocycles. The lowest BCUT2D eigenvalue weighted by molar-refractivity contribution is -0.166. The fourth-order valence-corrected chi connectivity index (χ4v) is 6.11. The Balaban J connectivity index is 4.62. The summed E-state index contributed by atoms with van der Waals surface area (Å²) in [5.41, 5.74) is 0. The van der Waals surface area contributed by atoms with Crippen molar-refractivity contribution in [2.75, 3.05) is 13.2 Å². The third kappa shape index (κ3) is 47.0. The van der Waals surface area contributed by atoms with E-state index in [1.807, 2.05) is 12.2 Å². The van der Waals surface area contributed by atoms with E-state index in [0.29, 0.717) is 19.3 Å². The summed E-state index contributed by atoms with van der Waals surface area (Å²) < 4.78 is 16.6. The van der Waals surface area contributed by atoms with Gasteiger partial charge in [0.25, 0.3) is 0 Å². The van der Waals surface area contributed by atoms with Crippen molar-refractivity contribution in [1.29, 1.82) is 0 Å².